The van der Waals surface area contributed by atoms with Crippen LogP contribution >= 0.6 is 11.3 Å². The van der Waals surface area contributed by atoms with Crippen molar-refractivity contribution in [1.29, 1.82) is 0 Å². The van der Waals surface area contributed by atoms with Gasteiger partial charge in [-0.2, -0.15) is 0 Å². The predicted octanol–water partition coefficient (Wildman–Crippen LogP) is 2.27. The third kappa shape index (κ3) is 2.02. The van der Waals surface area contributed by atoms with Crippen molar-refractivity contribution in [3.05, 3.63) is 20.9 Å². The molecule has 5 heteroatoms. The highest BCUT2D eigenvalue weighted by molar-refractivity contribution is 7.14. The molecule has 0 fully saturated rings. The Bertz CT molecular complexity index is 406. The summed E-state index contributed by atoms with van der Waals surface area (Å²) in [5.74, 6) is -2.31. The lowest BCUT2D eigenvalue weighted by atomic mass is 10.1. The smallest absolute Gasteiger partial charge is 0.346 e. The number of rotatable bonds is 4. The number of thiophene rings is 1. The zero-order valence-electron chi connectivity index (χ0n) is 8.53. The van der Waals surface area contributed by atoms with Crippen LogP contribution in [0.1, 0.15) is 44.3 Å². The molecular formula is C10H12O4S. The van der Waals surface area contributed by atoms with E-state index in [1.807, 2.05) is 13.8 Å². The van der Waals surface area contributed by atoms with Crippen LogP contribution in [0.4, 0.5) is 0 Å². The topological polar surface area (TPSA) is 74.6 Å². The Morgan fingerprint density at radius 1 is 1.13 bits per heavy atom. The summed E-state index contributed by atoms with van der Waals surface area (Å²) in [6.07, 6.45) is 1.22. The van der Waals surface area contributed by atoms with Gasteiger partial charge >= 0.3 is 11.9 Å². The van der Waals surface area contributed by atoms with E-state index in [2.05, 4.69) is 0 Å². The fraction of sp³-hybridized carbons (Fsp3) is 0.400. The molecule has 0 aliphatic carbocycles. The van der Waals surface area contributed by atoms with Crippen molar-refractivity contribution in [2.45, 2.75) is 26.7 Å². The number of aromatic carboxylic acids is 2. The summed E-state index contributed by atoms with van der Waals surface area (Å²) in [7, 11) is 0. The van der Waals surface area contributed by atoms with Gasteiger partial charge in [-0.25, -0.2) is 9.59 Å². The first-order valence-electron chi connectivity index (χ1n) is 4.64. The van der Waals surface area contributed by atoms with Gasteiger partial charge in [0.2, 0.25) is 0 Å². The minimum absolute atomic E-state index is 0.0353. The van der Waals surface area contributed by atoms with Crippen LogP contribution < -0.4 is 0 Å². The van der Waals surface area contributed by atoms with Crippen LogP contribution in [0, 0.1) is 0 Å². The second-order valence-electron chi connectivity index (χ2n) is 3.03. The zero-order valence-corrected chi connectivity index (χ0v) is 9.35. The molecule has 0 spiro atoms. The van der Waals surface area contributed by atoms with Crippen molar-refractivity contribution in [2.75, 3.05) is 0 Å². The molecule has 0 aromatic carbocycles. The van der Waals surface area contributed by atoms with Crippen molar-refractivity contribution in [1.82, 2.24) is 0 Å². The van der Waals surface area contributed by atoms with Crippen LogP contribution in [-0.2, 0) is 12.8 Å². The Balaban J connectivity index is 3.46. The predicted molar refractivity (Wildman–Crippen MR) is 57.0 cm³/mol. The van der Waals surface area contributed by atoms with Gasteiger partial charge < -0.3 is 10.2 Å². The van der Waals surface area contributed by atoms with Crippen LogP contribution in [0.15, 0.2) is 0 Å². The molecule has 15 heavy (non-hydrogen) atoms. The molecule has 1 heterocycles. The summed E-state index contributed by atoms with van der Waals surface area (Å²) in [6.45, 7) is 3.72. The highest BCUT2D eigenvalue weighted by Gasteiger charge is 2.25. The molecule has 0 aliphatic rings. The first-order chi connectivity index (χ1) is 7.02. The fourth-order valence-corrected chi connectivity index (χ4v) is 2.71. The van der Waals surface area contributed by atoms with E-state index in [1.165, 1.54) is 0 Å². The summed E-state index contributed by atoms with van der Waals surface area (Å²) in [5.41, 5.74) is 0.624. The molecule has 1 aromatic heterocycles. The fourth-order valence-electron chi connectivity index (χ4n) is 1.55. The van der Waals surface area contributed by atoms with Gasteiger partial charge in [-0.05, 0) is 18.4 Å². The van der Waals surface area contributed by atoms with Gasteiger partial charge in [-0.3, -0.25) is 0 Å². The summed E-state index contributed by atoms with van der Waals surface area (Å²) in [4.78, 5) is 22.6. The summed E-state index contributed by atoms with van der Waals surface area (Å²) >= 11 is 1.07. The van der Waals surface area contributed by atoms with Crippen molar-refractivity contribution in [3.8, 4) is 0 Å². The van der Waals surface area contributed by atoms with E-state index < -0.39 is 11.9 Å². The van der Waals surface area contributed by atoms with Crippen molar-refractivity contribution in [3.63, 3.8) is 0 Å². The Kier molecular flexibility index (Phi) is 3.47. The van der Waals surface area contributed by atoms with Gasteiger partial charge in [0.25, 0.3) is 0 Å². The van der Waals surface area contributed by atoms with Crippen molar-refractivity contribution >= 4 is 23.3 Å². The molecule has 0 saturated heterocycles. The van der Waals surface area contributed by atoms with Gasteiger partial charge in [-0.15, -0.1) is 11.3 Å². The number of carbonyl (C=O) groups is 2. The van der Waals surface area contributed by atoms with E-state index in [0.717, 1.165) is 16.2 Å². The zero-order chi connectivity index (χ0) is 11.6. The molecule has 1 rings (SSSR count). The molecule has 0 bridgehead atoms. The summed E-state index contributed by atoms with van der Waals surface area (Å²) in [5, 5.41) is 17.9. The first-order valence-corrected chi connectivity index (χ1v) is 5.45. The maximum atomic E-state index is 11.0. The number of aryl methyl sites for hydroxylation is 1. The van der Waals surface area contributed by atoms with Gasteiger partial charge in [0.05, 0.1) is 5.56 Å². The molecule has 0 atom stereocenters. The largest absolute Gasteiger partial charge is 0.478 e. The number of hydrogen-bond acceptors (Lipinski definition) is 3. The molecule has 4 nitrogen and oxygen atoms in total. The van der Waals surface area contributed by atoms with Gasteiger partial charge in [0.1, 0.15) is 4.88 Å². The van der Waals surface area contributed by atoms with E-state index in [1.54, 1.807) is 0 Å². The van der Waals surface area contributed by atoms with Crippen molar-refractivity contribution < 1.29 is 19.8 Å². The molecular weight excluding hydrogens is 216 g/mol. The minimum Gasteiger partial charge on any atom is -0.478 e. The molecule has 0 unspecified atom stereocenters. The van der Waals surface area contributed by atoms with E-state index in [0.29, 0.717) is 18.4 Å². The van der Waals surface area contributed by atoms with Gasteiger partial charge in [0.15, 0.2) is 0 Å². The third-order valence-corrected chi connectivity index (χ3v) is 3.54. The second-order valence-corrected chi connectivity index (χ2v) is 4.13. The minimum atomic E-state index is -1.16. The van der Waals surface area contributed by atoms with E-state index in [9.17, 15) is 9.59 Å². The monoisotopic (exact) mass is 228 g/mol. The van der Waals surface area contributed by atoms with Gasteiger partial charge in [-0.1, -0.05) is 13.8 Å². The lowest BCUT2D eigenvalue weighted by Gasteiger charge is -1.99. The van der Waals surface area contributed by atoms with Gasteiger partial charge in [0, 0.05) is 4.88 Å². The average molecular weight is 228 g/mol. The van der Waals surface area contributed by atoms with E-state index in [-0.39, 0.29) is 10.4 Å². The molecule has 2 N–H and O–H groups in total. The highest BCUT2D eigenvalue weighted by Crippen LogP contribution is 2.29. The molecule has 0 radical (unpaired) electrons. The maximum Gasteiger partial charge on any atom is 0.346 e. The number of carboxylic acids is 2. The Morgan fingerprint density at radius 3 is 2.07 bits per heavy atom. The van der Waals surface area contributed by atoms with E-state index >= 15 is 0 Å². The van der Waals surface area contributed by atoms with Crippen LogP contribution in [0.5, 0.6) is 0 Å². The lowest BCUT2D eigenvalue weighted by molar-refractivity contribution is 0.0655. The quantitative estimate of drug-likeness (QED) is 0.829. The average Bonchev–Trinajstić information content (AvgIpc) is 2.55. The number of carboxylic acid groups (broad SMARTS) is 2. The first kappa shape index (κ1) is 11.7. The number of hydrogen-bond donors (Lipinski definition) is 2. The van der Waals surface area contributed by atoms with Crippen LogP contribution in [-0.4, -0.2) is 22.2 Å². The second kappa shape index (κ2) is 4.44. The molecule has 82 valence electrons. The normalized spacial score (nSPS) is 10.3. The maximum absolute atomic E-state index is 11.0. The summed E-state index contributed by atoms with van der Waals surface area (Å²) in [6, 6.07) is 0. The lowest BCUT2D eigenvalue weighted by Crippen LogP contribution is -2.06. The molecule has 0 amide bonds. The molecule has 0 aliphatic heterocycles. The highest BCUT2D eigenvalue weighted by atomic mass is 32.1. The SMILES string of the molecule is CCc1sc(C(=O)O)c(C(=O)O)c1CC. The van der Waals surface area contributed by atoms with Crippen molar-refractivity contribution in [2.24, 2.45) is 0 Å². The molecule has 1 aromatic rings. The third-order valence-electron chi connectivity index (χ3n) is 2.17. The van der Waals surface area contributed by atoms with E-state index in [4.69, 9.17) is 10.2 Å². The Labute approximate surface area is 91.2 Å². The molecule has 0 saturated carbocycles. The Hall–Kier alpha value is -1.36. The van der Waals surface area contributed by atoms with Crippen LogP contribution in [0.25, 0.3) is 0 Å². The van der Waals surface area contributed by atoms with Crippen LogP contribution in [0.2, 0.25) is 0 Å². The standard InChI is InChI=1S/C10H12O4S/c1-3-5-6(4-2)15-8(10(13)14)7(5)9(11)12/h3-4H2,1-2H3,(H,11,12)(H,13,14). The van der Waals surface area contributed by atoms with Crippen LogP contribution in [0.3, 0.4) is 0 Å². The Morgan fingerprint density at radius 2 is 1.73 bits per heavy atom. The summed E-state index contributed by atoms with van der Waals surface area (Å²) < 4.78 is 0.